The van der Waals surface area contributed by atoms with Crippen LogP contribution >= 0.6 is 22.7 Å². The van der Waals surface area contributed by atoms with Gasteiger partial charge in [0.2, 0.25) is 11.0 Å². The maximum Gasteiger partial charge on any atom is 0.416 e. The van der Waals surface area contributed by atoms with Crippen LogP contribution in [-0.2, 0) is 23.8 Å². The molecule has 1 N–H and O–H groups in total. The number of amides is 1. The summed E-state index contributed by atoms with van der Waals surface area (Å²) in [5.41, 5.74) is 0.422. The highest BCUT2D eigenvalue weighted by atomic mass is 32.1. The first-order valence-corrected chi connectivity index (χ1v) is 10.3. The van der Waals surface area contributed by atoms with Crippen molar-refractivity contribution < 1.29 is 18.0 Å². The van der Waals surface area contributed by atoms with Crippen molar-refractivity contribution in [1.82, 2.24) is 15.2 Å². The van der Waals surface area contributed by atoms with E-state index in [1.165, 1.54) is 34.8 Å². The number of unbranched alkanes of at least 4 members (excludes halogenated alkanes) is 1. The number of halogens is 3. The van der Waals surface area contributed by atoms with E-state index in [9.17, 15) is 18.0 Å². The summed E-state index contributed by atoms with van der Waals surface area (Å²) in [7, 11) is 0. The molecule has 0 aliphatic rings. The lowest BCUT2D eigenvalue weighted by atomic mass is 10.1. The molecule has 1 amide bonds. The van der Waals surface area contributed by atoms with Crippen molar-refractivity contribution in [2.24, 2.45) is 0 Å². The number of alkyl halides is 3. The Hall–Kier alpha value is -2.33. The zero-order valence-electron chi connectivity index (χ0n) is 14.9. The fourth-order valence-electron chi connectivity index (χ4n) is 2.38. The van der Waals surface area contributed by atoms with Crippen molar-refractivity contribution in [1.29, 1.82) is 0 Å². The molecule has 3 aromatic rings. The average molecular weight is 426 g/mol. The molecule has 0 atom stereocenters. The number of aromatic nitrogens is 3. The molecule has 0 saturated heterocycles. The molecule has 1 aromatic carbocycles. The average Bonchev–Trinajstić information content (AvgIpc) is 3.29. The van der Waals surface area contributed by atoms with Crippen molar-refractivity contribution >= 4 is 33.7 Å². The van der Waals surface area contributed by atoms with Gasteiger partial charge in [0, 0.05) is 17.4 Å². The molecular weight excluding hydrogens is 409 g/mol. The van der Waals surface area contributed by atoms with Crippen LogP contribution in [0.4, 0.5) is 18.3 Å². The standard InChI is InChI=1S/C18H17F3N4OS2/c1-2-3-4-15-24-25-17(28-15)23-14(26)9-13-10-27-16(22-13)11-5-7-12(8-6-11)18(19,20)21/h5-8,10H,2-4,9H2,1H3,(H,23,25,26). The third-order valence-corrected chi connectivity index (χ3v) is 5.65. The number of nitrogens with zero attached hydrogens (tertiary/aromatic N) is 3. The minimum absolute atomic E-state index is 0.0566. The van der Waals surface area contributed by atoms with Gasteiger partial charge in [0.15, 0.2) is 0 Å². The van der Waals surface area contributed by atoms with Crippen LogP contribution in [0.2, 0.25) is 0 Å². The normalized spacial score (nSPS) is 11.6. The van der Waals surface area contributed by atoms with E-state index >= 15 is 0 Å². The zero-order valence-corrected chi connectivity index (χ0v) is 16.5. The molecule has 0 aliphatic heterocycles. The second-order valence-corrected chi connectivity index (χ2v) is 7.97. The van der Waals surface area contributed by atoms with Crippen molar-refractivity contribution in [3.8, 4) is 10.6 Å². The number of hydrogen-bond acceptors (Lipinski definition) is 6. The van der Waals surface area contributed by atoms with Crippen LogP contribution in [0.3, 0.4) is 0 Å². The Bertz CT molecular complexity index is 935. The van der Waals surface area contributed by atoms with Gasteiger partial charge in [0.25, 0.3) is 0 Å². The fraction of sp³-hybridized carbons (Fsp3) is 0.333. The summed E-state index contributed by atoms with van der Waals surface area (Å²) in [5.74, 6) is -0.262. The minimum atomic E-state index is -4.37. The fourth-order valence-corrected chi connectivity index (χ4v) is 4.01. The summed E-state index contributed by atoms with van der Waals surface area (Å²) < 4.78 is 37.9. The maximum atomic E-state index is 12.6. The molecule has 0 radical (unpaired) electrons. The molecule has 5 nitrogen and oxygen atoms in total. The highest BCUT2D eigenvalue weighted by Crippen LogP contribution is 2.31. The highest BCUT2D eigenvalue weighted by Gasteiger charge is 2.30. The molecule has 0 fully saturated rings. The molecule has 3 rings (SSSR count). The number of aryl methyl sites for hydroxylation is 1. The SMILES string of the molecule is CCCCc1nnc(NC(=O)Cc2csc(-c3ccc(C(F)(F)F)cc3)n2)s1. The molecule has 0 spiro atoms. The van der Waals surface area contributed by atoms with Crippen LogP contribution in [0, 0.1) is 0 Å². The van der Waals surface area contributed by atoms with Gasteiger partial charge < -0.3 is 5.32 Å². The predicted molar refractivity (Wildman–Crippen MR) is 103 cm³/mol. The van der Waals surface area contributed by atoms with Gasteiger partial charge in [-0.2, -0.15) is 13.2 Å². The van der Waals surface area contributed by atoms with Gasteiger partial charge in [-0.1, -0.05) is 36.8 Å². The van der Waals surface area contributed by atoms with E-state index < -0.39 is 11.7 Å². The number of carbonyl (C=O) groups is 1. The Kier molecular flexibility index (Phi) is 6.40. The second kappa shape index (κ2) is 8.78. The van der Waals surface area contributed by atoms with E-state index in [2.05, 4.69) is 27.4 Å². The lowest BCUT2D eigenvalue weighted by molar-refractivity contribution is -0.137. The first-order chi connectivity index (χ1) is 13.3. The smallest absolute Gasteiger partial charge is 0.300 e. The van der Waals surface area contributed by atoms with Gasteiger partial charge in [-0.3, -0.25) is 4.79 Å². The van der Waals surface area contributed by atoms with E-state index in [1.807, 2.05) is 0 Å². The van der Waals surface area contributed by atoms with Crippen molar-refractivity contribution in [2.45, 2.75) is 38.8 Å². The van der Waals surface area contributed by atoms with Crippen LogP contribution < -0.4 is 5.32 Å². The second-order valence-electron chi connectivity index (χ2n) is 6.05. The van der Waals surface area contributed by atoms with Gasteiger partial charge in [-0.05, 0) is 18.6 Å². The molecule has 0 aliphatic carbocycles. The maximum absolute atomic E-state index is 12.6. The van der Waals surface area contributed by atoms with Crippen LogP contribution in [-0.4, -0.2) is 21.1 Å². The highest BCUT2D eigenvalue weighted by molar-refractivity contribution is 7.15. The monoisotopic (exact) mass is 426 g/mol. The van der Waals surface area contributed by atoms with Crippen molar-refractivity contribution in [3.05, 3.63) is 45.9 Å². The van der Waals surface area contributed by atoms with Crippen molar-refractivity contribution in [2.75, 3.05) is 5.32 Å². The predicted octanol–water partition coefficient (Wildman–Crippen LogP) is 5.20. The molecule has 10 heteroatoms. The molecule has 2 aromatic heterocycles. The number of benzene rings is 1. The largest absolute Gasteiger partial charge is 0.416 e. The van der Waals surface area contributed by atoms with Crippen molar-refractivity contribution in [3.63, 3.8) is 0 Å². The number of rotatable bonds is 7. The number of anilines is 1. The Morgan fingerprint density at radius 1 is 1.18 bits per heavy atom. The molecular formula is C18H17F3N4OS2. The van der Waals surface area contributed by atoms with Crippen LogP contribution in [0.15, 0.2) is 29.6 Å². The molecule has 148 valence electrons. The lowest BCUT2D eigenvalue weighted by Gasteiger charge is -2.06. The summed E-state index contributed by atoms with van der Waals surface area (Å²) in [6, 6.07) is 4.80. The van der Waals surface area contributed by atoms with Gasteiger partial charge >= 0.3 is 6.18 Å². The Balaban J connectivity index is 1.59. The zero-order chi connectivity index (χ0) is 20.1. The lowest BCUT2D eigenvalue weighted by Crippen LogP contribution is -2.14. The molecule has 0 bridgehead atoms. The number of thiazole rings is 1. The van der Waals surface area contributed by atoms with Gasteiger partial charge in [-0.25, -0.2) is 4.98 Å². The van der Waals surface area contributed by atoms with Gasteiger partial charge in [-0.15, -0.1) is 21.5 Å². The van der Waals surface area contributed by atoms with Crippen LogP contribution in [0.25, 0.3) is 10.6 Å². The number of nitrogens with one attached hydrogen (secondary N) is 1. The van der Waals surface area contributed by atoms with Gasteiger partial charge in [0.1, 0.15) is 10.0 Å². The summed E-state index contributed by atoms with van der Waals surface area (Å²) in [6.45, 7) is 2.09. The first kappa shape index (κ1) is 20.4. The third-order valence-electron chi connectivity index (χ3n) is 3.81. The van der Waals surface area contributed by atoms with E-state index in [1.54, 1.807) is 5.38 Å². The summed E-state index contributed by atoms with van der Waals surface area (Å²) >= 11 is 2.63. The third kappa shape index (κ3) is 5.35. The Morgan fingerprint density at radius 2 is 1.93 bits per heavy atom. The van der Waals surface area contributed by atoms with Gasteiger partial charge in [0.05, 0.1) is 17.7 Å². The number of carbonyl (C=O) groups excluding carboxylic acids is 1. The summed E-state index contributed by atoms with van der Waals surface area (Å²) in [5, 5.41) is 14.3. The quantitative estimate of drug-likeness (QED) is 0.564. The summed E-state index contributed by atoms with van der Waals surface area (Å²) in [4.78, 5) is 16.5. The van der Waals surface area contributed by atoms with E-state index in [0.29, 0.717) is 21.4 Å². The summed E-state index contributed by atoms with van der Waals surface area (Å²) in [6.07, 6.45) is -1.39. The molecule has 0 unspecified atom stereocenters. The van der Waals surface area contributed by atoms with E-state index in [0.717, 1.165) is 36.4 Å². The molecule has 28 heavy (non-hydrogen) atoms. The number of hydrogen-bond donors (Lipinski definition) is 1. The Labute approximate surface area is 167 Å². The van der Waals surface area contributed by atoms with E-state index in [-0.39, 0.29) is 12.3 Å². The minimum Gasteiger partial charge on any atom is -0.300 e. The molecule has 0 saturated carbocycles. The Morgan fingerprint density at radius 3 is 2.61 bits per heavy atom. The molecule has 2 heterocycles. The topological polar surface area (TPSA) is 67.8 Å². The van der Waals surface area contributed by atoms with Crippen LogP contribution in [0.5, 0.6) is 0 Å². The van der Waals surface area contributed by atoms with Crippen LogP contribution in [0.1, 0.15) is 36.0 Å². The van der Waals surface area contributed by atoms with E-state index in [4.69, 9.17) is 0 Å². The first-order valence-electron chi connectivity index (χ1n) is 8.59.